The topological polar surface area (TPSA) is 115 Å². The van der Waals surface area contributed by atoms with Crippen molar-refractivity contribution >= 4 is 70.2 Å². The molecule has 0 unspecified atom stereocenters. The Balaban J connectivity index is 1.66. The van der Waals surface area contributed by atoms with Crippen molar-refractivity contribution in [3.63, 3.8) is 0 Å². The van der Waals surface area contributed by atoms with Crippen molar-refractivity contribution in [3.05, 3.63) is 93.9 Å². The number of benzene rings is 2. The Morgan fingerprint density at radius 1 is 0.902 bits per heavy atom. The number of hydrogen-bond donors (Lipinski definition) is 2. The van der Waals surface area contributed by atoms with E-state index in [1.54, 1.807) is 11.3 Å². The van der Waals surface area contributed by atoms with Crippen LogP contribution >= 0.6 is 22.9 Å². The number of halogens is 1. The average Bonchev–Trinajstić information content (AvgIpc) is 3.30. The largest absolute Gasteiger partial charge is 0.375 e. The summed E-state index contributed by atoms with van der Waals surface area (Å²) in [7, 11) is -4.22. The van der Waals surface area contributed by atoms with E-state index in [-0.39, 0.29) is 11.5 Å². The summed E-state index contributed by atoms with van der Waals surface area (Å²) in [5, 5.41) is 1.73. The summed E-state index contributed by atoms with van der Waals surface area (Å²) in [5.74, 6) is -0.565. The molecule has 0 fully saturated rings. The first kappa shape index (κ1) is 31.1. The summed E-state index contributed by atoms with van der Waals surface area (Å²) in [6.07, 6.45) is 8.69. The van der Waals surface area contributed by atoms with Gasteiger partial charge in [0.2, 0.25) is 0 Å². The first-order valence-electron chi connectivity index (χ1n) is 12.9. The van der Waals surface area contributed by atoms with Crippen molar-refractivity contribution in [2.45, 2.75) is 12.8 Å². The van der Waals surface area contributed by atoms with Gasteiger partial charge in [-0.25, -0.2) is 4.58 Å². The van der Waals surface area contributed by atoms with Crippen LogP contribution in [0.2, 0.25) is 5.02 Å². The molecule has 0 amide bonds. The third-order valence-electron chi connectivity index (χ3n) is 6.71. The average molecular weight is 636 g/mol. The fraction of sp³-hybridized carbons (Fsp3) is 0.276. The smallest absolute Gasteiger partial charge is 0.265 e. The molecule has 0 atom stereocenters. The summed E-state index contributed by atoms with van der Waals surface area (Å²) in [6, 6.07) is 16.0. The molecule has 1 aromatic heterocycles. The van der Waals surface area contributed by atoms with Gasteiger partial charge in [0.25, 0.3) is 20.2 Å². The molecule has 0 bridgehead atoms. The Kier molecular flexibility index (Phi) is 9.89. The van der Waals surface area contributed by atoms with Gasteiger partial charge in [-0.15, -0.1) is 11.3 Å². The van der Waals surface area contributed by atoms with Crippen LogP contribution in [0.1, 0.15) is 23.3 Å². The Hall–Kier alpha value is -2.80. The lowest BCUT2D eigenvalue weighted by Crippen LogP contribution is -2.21. The monoisotopic (exact) mass is 635 g/mol. The van der Waals surface area contributed by atoms with E-state index in [0.29, 0.717) is 31.0 Å². The Labute approximate surface area is 250 Å². The predicted molar refractivity (Wildman–Crippen MR) is 169 cm³/mol. The SMILES string of the molecule is CN(CCCS(=O)(=O)O)c1ccc(C(=C2C=CC(=[N+](C)CCCS(=O)(=O)O)C=C2)c2cc3cc(Cl)ccc3s2)cc1. The van der Waals surface area contributed by atoms with Gasteiger partial charge in [-0.1, -0.05) is 23.7 Å². The standard InChI is InChI=1S/C29H31ClN2O6S3/c1-31(15-3-17-40(33,34)35)25-10-5-21(6-11-25)29(28-20-23-19-24(30)9-14-27(23)39-28)22-7-12-26(13-8-22)32(2)16-4-18-41(36,37)38/h5-14,19-20H,3-4,15-18H2,1-2H3,(H-,33,34,35,36,37,38)/p+1. The van der Waals surface area contributed by atoms with Gasteiger partial charge in [0.05, 0.1) is 11.5 Å². The number of allylic oxidation sites excluding steroid dienone is 5. The van der Waals surface area contributed by atoms with Gasteiger partial charge in [0.15, 0.2) is 5.71 Å². The minimum Gasteiger partial charge on any atom is -0.375 e. The molecule has 12 heteroatoms. The van der Waals surface area contributed by atoms with Gasteiger partial charge >= 0.3 is 0 Å². The van der Waals surface area contributed by atoms with E-state index in [0.717, 1.165) is 43.1 Å². The maximum atomic E-state index is 11.1. The zero-order chi connectivity index (χ0) is 29.8. The fourth-order valence-electron chi connectivity index (χ4n) is 4.58. The Bertz CT molecular complexity index is 1750. The molecular weight excluding hydrogens is 604 g/mol. The van der Waals surface area contributed by atoms with E-state index in [2.05, 4.69) is 6.07 Å². The lowest BCUT2D eigenvalue weighted by Gasteiger charge is -2.20. The lowest BCUT2D eigenvalue weighted by molar-refractivity contribution is -0.495. The quantitative estimate of drug-likeness (QED) is 0.209. The molecular formula is C29H32ClN2O6S3+. The summed E-state index contributed by atoms with van der Waals surface area (Å²) >= 11 is 7.93. The van der Waals surface area contributed by atoms with Crippen LogP contribution in [-0.2, 0) is 20.2 Å². The Morgan fingerprint density at radius 3 is 2.17 bits per heavy atom. The van der Waals surface area contributed by atoms with Gasteiger partial charge in [0, 0.05) is 58.0 Å². The third kappa shape index (κ3) is 8.84. The van der Waals surface area contributed by atoms with E-state index in [1.807, 2.05) is 90.3 Å². The molecule has 1 aliphatic rings. The molecule has 8 nitrogen and oxygen atoms in total. The van der Waals surface area contributed by atoms with Gasteiger partial charge in [-0.3, -0.25) is 9.11 Å². The number of fused-ring (bicyclic) bond motifs is 1. The maximum Gasteiger partial charge on any atom is 0.265 e. The van der Waals surface area contributed by atoms with E-state index < -0.39 is 20.2 Å². The summed E-state index contributed by atoms with van der Waals surface area (Å²) < 4.78 is 65.3. The summed E-state index contributed by atoms with van der Waals surface area (Å²) in [5.41, 5.74) is 4.91. The fourth-order valence-corrected chi connectivity index (χ4v) is 6.88. The first-order chi connectivity index (χ1) is 19.3. The van der Waals surface area contributed by atoms with E-state index in [4.69, 9.17) is 20.7 Å². The van der Waals surface area contributed by atoms with E-state index in [1.165, 1.54) is 0 Å². The van der Waals surface area contributed by atoms with Gasteiger partial charge in [-0.2, -0.15) is 16.8 Å². The van der Waals surface area contributed by atoms with Crippen molar-refractivity contribution in [1.82, 2.24) is 0 Å². The first-order valence-corrected chi connectivity index (χ1v) is 17.3. The Morgan fingerprint density at radius 2 is 1.54 bits per heavy atom. The minimum atomic E-state index is -3.99. The van der Waals surface area contributed by atoms with Crippen LogP contribution in [0.5, 0.6) is 0 Å². The van der Waals surface area contributed by atoms with Crippen molar-refractivity contribution in [3.8, 4) is 0 Å². The second kappa shape index (κ2) is 13.0. The lowest BCUT2D eigenvalue weighted by atomic mass is 9.94. The number of anilines is 1. The molecule has 41 heavy (non-hydrogen) atoms. The van der Waals surface area contributed by atoms with Crippen molar-refractivity contribution in [1.29, 1.82) is 0 Å². The van der Waals surface area contributed by atoms with Crippen LogP contribution in [0.4, 0.5) is 5.69 Å². The van der Waals surface area contributed by atoms with Crippen LogP contribution in [0, 0.1) is 0 Å². The number of thiophene rings is 1. The highest BCUT2D eigenvalue weighted by Crippen LogP contribution is 2.38. The molecule has 1 aliphatic carbocycles. The normalized spacial score (nSPS) is 13.7. The molecule has 1 heterocycles. The van der Waals surface area contributed by atoms with Crippen LogP contribution in [-0.4, -0.2) is 74.9 Å². The number of nitrogens with zero attached hydrogens (tertiary/aromatic N) is 2. The number of rotatable bonds is 11. The van der Waals surface area contributed by atoms with Crippen LogP contribution in [0.3, 0.4) is 0 Å². The molecule has 0 aliphatic heterocycles. The molecule has 2 N–H and O–H groups in total. The van der Waals surface area contributed by atoms with Crippen LogP contribution in [0.25, 0.3) is 15.7 Å². The predicted octanol–water partition coefficient (Wildman–Crippen LogP) is 5.56. The van der Waals surface area contributed by atoms with E-state index >= 15 is 0 Å². The molecule has 0 radical (unpaired) electrons. The van der Waals surface area contributed by atoms with Crippen LogP contribution in [0.15, 0.2) is 78.4 Å². The molecule has 2 aromatic carbocycles. The van der Waals surface area contributed by atoms with Crippen molar-refractivity contribution in [2.75, 3.05) is 43.6 Å². The highest BCUT2D eigenvalue weighted by Gasteiger charge is 2.17. The van der Waals surface area contributed by atoms with Gasteiger partial charge < -0.3 is 4.90 Å². The second-order valence-electron chi connectivity index (χ2n) is 9.88. The maximum absolute atomic E-state index is 11.1. The zero-order valence-corrected chi connectivity index (χ0v) is 25.9. The molecule has 0 spiro atoms. The second-order valence-corrected chi connectivity index (χ2v) is 14.5. The third-order valence-corrected chi connectivity index (χ3v) is 9.69. The highest BCUT2D eigenvalue weighted by molar-refractivity contribution is 7.86. The zero-order valence-electron chi connectivity index (χ0n) is 22.7. The minimum absolute atomic E-state index is 0.283. The molecule has 218 valence electrons. The summed E-state index contributed by atoms with van der Waals surface area (Å²) in [4.78, 5) is 3.02. The molecule has 3 aromatic rings. The van der Waals surface area contributed by atoms with Gasteiger partial charge in [0.1, 0.15) is 13.6 Å². The summed E-state index contributed by atoms with van der Waals surface area (Å²) in [6.45, 7) is 0.956. The molecule has 0 saturated heterocycles. The molecule has 4 rings (SSSR count). The van der Waals surface area contributed by atoms with E-state index in [9.17, 15) is 16.8 Å². The molecule has 0 saturated carbocycles. The van der Waals surface area contributed by atoms with Gasteiger partial charge in [-0.05, 0) is 71.5 Å². The van der Waals surface area contributed by atoms with Crippen molar-refractivity contribution < 1.29 is 30.5 Å². The highest BCUT2D eigenvalue weighted by atomic mass is 35.5. The van der Waals surface area contributed by atoms with Crippen LogP contribution < -0.4 is 4.90 Å². The van der Waals surface area contributed by atoms with Crippen molar-refractivity contribution in [2.24, 2.45) is 0 Å². The number of hydrogen-bond acceptors (Lipinski definition) is 6.